The molecule has 0 aliphatic heterocycles. The van der Waals surface area contributed by atoms with Crippen molar-refractivity contribution in [2.24, 2.45) is 0 Å². The van der Waals surface area contributed by atoms with E-state index in [9.17, 15) is 24.5 Å². The van der Waals surface area contributed by atoms with Crippen LogP contribution in [0, 0.1) is 10.1 Å². The fourth-order valence-corrected chi connectivity index (χ4v) is 2.41. The van der Waals surface area contributed by atoms with Crippen LogP contribution in [0.3, 0.4) is 0 Å². The number of ether oxygens (including phenoxy) is 2. The maximum absolute atomic E-state index is 13.0. The lowest BCUT2D eigenvalue weighted by Gasteiger charge is -2.06. The van der Waals surface area contributed by atoms with Gasteiger partial charge in [0.1, 0.15) is 5.56 Å². The minimum absolute atomic E-state index is 0.00131. The standard InChI is InChI=1S/C16H14ClN3O7/c1-3-26-15(22)12-11(13(19-18-12)16(23)27-4-2)14(21)9-6-5-8(17)7-10(9)20(24)25/h5-7H,3-4H2,1-2H3,(H,18,19). The molecule has 0 bridgehead atoms. The van der Waals surface area contributed by atoms with Crippen LogP contribution < -0.4 is 0 Å². The van der Waals surface area contributed by atoms with Crippen molar-refractivity contribution in [2.75, 3.05) is 13.2 Å². The molecule has 0 spiro atoms. The van der Waals surface area contributed by atoms with E-state index >= 15 is 0 Å². The zero-order valence-corrected chi connectivity index (χ0v) is 15.0. The minimum atomic E-state index is -0.974. The lowest BCUT2D eigenvalue weighted by atomic mass is 9.99. The van der Waals surface area contributed by atoms with Crippen molar-refractivity contribution in [3.05, 3.63) is 55.9 Å². The van der Waals surface area contributed by atoms with Crippen molar-refractivity contribution in [1.29, 1.82) is 0 Å². The quantitative estimate of drug-likeness (QED) is 0.326. The van der Waals surface area contributed by atoms with Crippen molar-refractivity contribution in [3.8, 4) is 0 Å². The molecule has 10 nitrogen and oxygen atoms in total. The van der Waals surface area contributed by atoms with Gasteiger partial charge in [0, 0.05) is 11.1 Å². The summed E-state index contributed by atoms with van der Waals surface area (Å²) in [5.41, 5.74) is -2.32. The topological polar surface area (TPSA) is 141 Å². The lowest BCUT2D eigenvalue weighted by Crippen LogP contribution is -2.17. The Hall–Kier alpha value is -3.27. The molecule has 0 atom stereocenters. The first-order valence-electron chi connectivity index (χ1n) is 7.73. The van der Waals surface area contributed by atoms with Crippen LogP contribution in [0.5, 0.6) is 0 Å². The predicted molar refractivity (Wildman–Crippen MR) is 92.0 cm³/mol. The van der Waals surface area contributed by atoms with Gasteiger partial charge in [0.15, 0.2) is 11.4 Å². The molecule has 1 aromatic carbocycles. The summed E-state index contributed by atoms with van der Waals surface area (Å²) in [6, 6.07) is 3.39. The largest absolute Gasteiger partial charge is 0.461 e. The first kappa shape index (κ1) is 20.0. The van der Waals surface area contributed by atoms with E-state index in [0.717, 1.165) is 12.1 Å². The number of benzene rings is 1. The van der Waals surface area contributed by atoms with Gasteiger partial charge >= 0.3 is 11.9 Å². The summed E-state index contributed by atoms with van der Waals surface area (Å²) in [5.74, 6) is -2.89. The van der Waals surface area contributed by atoms with Crippen LogP contribution in [0.25, 0.3) is 0 Å². The fraction of sp³-hybridized carbons (Fsp3) is 0.250. The van der Waals surface area contributed by atoms with Crippen molar-refractivity contribution in [3.63, 3.8) is 0 Å². The number of rotatable bonds is 7. The molecule has 2 aromatic rings. The highest BCUT2D eigenvalue weighted by molar-refractivity contribution is 6.31. The molecule has 0 aliphatic rings. The number of carbonyl (C=O) groups is 3. The first-order valence-corrected chi connectivity index (χ1v) is 8.10. The van der Waals surface area contributed by atoms with E-state index in [4.69, 9.17) is 21.1 Å². The molecule has 0 amide bonds. The van der Waals surface area contributed by atoms with Gasteiger partial charge in [0.25, 0.3) is 5.69 Å². The number of ketones is 1. The molecule has 0 fully saturated rings. The number of H-pyrrole nitrogens is 1. The van der Waals surface area contributed by atoms with Gasteiger partial charge in [-0.3, -0.25) is 20.0 Å². The van der Waals surface area contributed by atoms with Crippen molar-refractivity contribution < 1.29 is 28.8 Å². The highest BCUT2D eigenvalue weighted by Crippen LogP contribution is 2.28. The molecular weight excluding hydrogens is 382 g/mol. The van der Waals surface area contributed by atoms with Gasteiger partial charge in [-0.05, 0) is 26.0 Å². The van der Waals surface area contributed by atoms with Gasteiger partial charge in [-0.1, -0.05) is 11.6 Å². The molecule has 1 N–H and O–H groups in total. The molecule has 27 heavy (non-hydrogen) atoms. The lowest BCUT2D eigenvalue weighted by molar-refractivity contribution is -0.385. The van der Waals surface area contributed by atoms with Gasteiger partial charge in [-0.2, -0.15) is 5.10 Å². The number of carbonyl (C=O) groups excluding carboxylic acids is 3. The zero-order valence-electron chi connectivity index (χ0n) is 14.3. The van der Waals surface area contributed by atoms with Gasteiger partial charge in [-0.15, -0.1) is 0 Å². The van der Waals surface area contributed by atoms with Crippen LogP contribution in [0.2, 0.25) is 5.02 Å². The summed E-state index contributed by atoms with van der Waals surface area (Å²) in [6.45, 7) is 3.09. The number of hydrogen-bond acceptors (Lipinski definition) is 8. The predicted octanol–water partition coefficient (Wildman–Crippen LogP) is 2.56. The maximum atomic E-state index is 13.0. The monoisotopic (exact) mass is 395 g/mol. The number of nitro benzene ring substituents is 1. The van der Waals surface area contributed by atoms with Crippen LogP contribution in [-0.4, -0.2) is 46.1 Å². The number of hydrogen-bond donors (Lipinski definition) is 1. The molecule has 142 valence electrons. The van der Waals surface area contributed by atoms with Crippen LogP contribution in [0.15, 0.2) is 18.2 Å². The van der Waals surface area contributed by atoms with E-state index in [0.29, 0.717) is 0 Å². The number of nitrogens with one attached hydrogen (secondary N) is 1. The van der Waals surface area contributed by atoms with Crippen molar-refractivity contribution in [2.45, 2.75) is 13.8 Å². The number of nitrogens with zero attached hydrogens (tertiary/aromatic N) is 2. The van der Waals surface area contributed by atoms with Crippen LogP contribution in [-0.2, 0) is 9.47 Å². The van der Waals surface area contributed by atoms with Crippen molar-refractivity contribution >= 4 is 35.0 Å². The van der Waals surface area contributed by atoms with E-state index in [2.05, 4.69) is 10.2 Å². The van der Waals surface area contributed by atoms with E-state index in [1.54, 1.807) is 13.8 Å². The average Bonchev–Trinajstić information content (AvgIpc) is 3.06. The smallest absolute Gasteiger partial charge is 0.359 e. The third kappa shape index (κ3) is 4.11. The summed E-state index contributed by atoms with van der Waals surface area (Å²) in [5, 5.41) is 17.2. The van der Waals surface area contributed by atoms with Crippen molar-refractivity contribution in [1.82, 2.24) is 10.2 Å². The van der Waals surface area contributed by atoms with Gasteiger partial charge < -0.3 is 9.47 Å². The summed E-state index contributed by atoms with van der Waals surface area (Å²) in [6.07, 6.45) is 0. The minimum Gasteiger partial charge on any atom is -0.461 e. The molecule has 0 unspecified atom stereocenters. The summed E-state index contributed by atoms with van der Waals surface area (Å²) in [7, 11) is 0. The Balaban J connectivity index is 2.66. The number of esters is 2. The van der Waals surface area contributed by atoms with Crippen LogP contribution >= 0.6 is 11.6 Å². The summed E-state index contributed by atoms with van der Waals surface area (Å²) >= 11 is 5.75. The highest BCUT2D eigenvalue weighted by Gasteiger charge is 2.33. The van der Waals surface area contributed by atoms with E-state index in [-0.39, 0.29) is 23.8 Å². The molecule has 2 rings (SSSR count). The molecule has 1 heterocycles. The number of aromatic amines is 1. The average molecular weight is 396 g/mol. The molecule has 11 heteroatoms. The maximum Gasteiger partial charge on any atom is 0.359 e. The second kappa shape index (κ2) is 8.41. The summed E-state index contributed by atoms with van der Waals surface area (Å²) in [4.78, 5) is 47.7. The van der Waals surface area contributed by atoms with E-state index < -0.39 is 45.3 Å². The fourth-order valence-electron chi connectivity index (χ4n) is 2.24. The Morgan fingerprint density at radius 2 is 1.81 bits per heavy atom. The molecule has 0 aliphatic carbocycles. The Morgan fingerprint density at radius 1 is 1.19 bits per heavy atom. The van der Waals surface area contributed by atoms with E-state index in [1.165, 1.54) is 6.07 Å². The zero-order chi connectivity index (χ0) is 20.1. The number of nitro groups is 1. The van der Waals surface area contributed by atoms with Crippen LogP contribution in [0.1, 0.15) is 50.7 Å². The Morgan fingerprint density at radius 3 is 2.41 bits per heavy atom. The summed E-state index contributed by atoms with van der Waals surface area (Å²) < 4.78 is 9.66. The molecular formula is C16H14ClN3O7. The number of halogens is 1. The third-order valence-corrected chi connectivity index (χ3v) is 3.58. The van der Waals surface area contributed by atoms with E-state index in [1.807, 2.05) is 0 Å². The Kier molecular flexibility index (Phi) is 6.24. The van der Waals surface area contributed by atoms with Gasteiger partial charge in [0.2, 0.25) is 5.78 Å². The number of aromatic nitrogens is 2. The Bertz CT molecular complexity index is 887. The highest BCUT2D eigenvalue weighted by atomic mass is 35.5. The van der Waals surface area contributed by atoms with Gasteiger partial charge in [-0.25, -0.2) is 9.59 Å². The molecule has 0 saturated heterocycles. The molecule has 0 saturated carbocycles. The second-order valence-electron chi connectivity index (χ2n) is 5.01. The van der Waals surface area contributed by atoms with Crippen LogP contribution in [0.4, 0.5) is 5.69 Å². The first-order chi connectivity index (χ1) is 12.8. The van der Waals surface area contributed by atoms with Gasteiger partial charge in [0.05, 0.1) is 23.7 Å². The third-order valence-electron chi connectivity index (χ3n) is 3.34. The SMILES string of the molecule is CCOC(=O)c1n[nH]c(C(=O)OCC)c1C(=O)c1ccc(Cl)cc1[N+](=O)[O-]. The second-order valence-corrected chi connectivity index (χ2v) is 5.45. The normalized spacial score (nSPS) is 10.3. The molecule has 1 aromatic heterocycles. The molecule has 0 radical (unpaired) electrons. The Labute approximate surface area is 157 Å².